The molecule has 44 heavy (non-hydrogen) atoms. The quantitative estimate of drug-likeness (QED) is 0.301. The van der Waals surface area contributed by atoms with Crippen molar-refractivity contribution in [3.8, 4) is 23.4 Å². The van der Waals surface area contributed by atoms with Crippen molar-refractivity contribution < 1.29 is 9.53 Å². The molecule has 0 spiro atoms. The standard InChI is InChI=1S/C33H28N8O3/c1-20(37-30(42)27-28(34)38-39-16-8-15-35-29(27)39)25-17-22-10-7-9-21(26(22)31(43)41(25)24-11-5-4-6-12-24)13-14-23-18-36-40-19-33(2,3)44-32(23)40/h4-12,15-18,20H,19H2,1-3H3,(H2,34,38)(H,37,42). The minimum Gasteiger partial charge on any atom is -0.469 e. The Kier molecular flexibility index (Phi) is 6.21. The Balaban J connectivity index is 1.33. The van der Waals surface area contributed by atoms with Gasteiger partial charge < -0.3 is 15.8 Å². The summed E-state index contributed by atoms with van der Waals surface area (Å²) >= 11 is 0. The maximum absolute atomic E-state index is 14.4. The lowest BCUT2D eigenvalue weighted by Gasteiger charge is -2.21. The largest absolute Gasteiger partial charge is 0.469 e. The number of ether oxygens (including phenoxy) is 1. The number of carbonyl (C=O) groups is 1. The SMILES string of the molecule is CC(NC(=O)c1c(N)nn2cccnc12)c1cc2cccc(C#Cc3cnn4c3OC(C)(C)C4)c2c(=O)n1-c1ccccc1. The molecule has 1 unspecified atom stereocenters. The maximum atomic E-state index is 14.4. The lowest BCUT2D eigenvalue weighted by atomic mass is 10.0. The van der Waals surface area contributed by atoms with Crippen molar-refractivity contribution in [3.05, 3.63) is 112 Å². The first-order valence-electron chi connectivity index (χ1n) is 14.1. The van der Waals surface area contributed by atoms with Crippen LogP contribution in [0.15, 0.2) is 84.0 Å². The lowest BCUT2D eigenvalue weighted by molar-refractivity contribution is 0.0941. The molecule has 0 aliphatic carbocycles. The van der Waals surface area contributed by atoms with Crippen LogP contribution in [0.3, 0.4) is 0 Å². The highest BCUT2D eigenvalue weighted by Gasteiger charge is 2.32. The molecule has 2 aromatic carbocycles. The summed E-state index contributed by atoms with van der Waals surface area (Å²) in [6, 6.07) is 17.9. The molecule has 0 fully saturated rings. The molecule has 1 aliphatic rings. The van der Waals surface area contributed by atoms with Crippen molar-refractivity contribution in [1.29, 1.82) is 0 Å². The number of para-hydroxylation sites is 1. The molecule has 1 aliphatic heterocycles. The molecular formula is C33H28N8O3. The number of fused-ring (bicyclic) bond motifs is 3. The first-order chi connectivity index (χ1) is 21.2. The smallest absolute Gasteiger partial charge is 0.264 e. The van der Waals surface area contributed by atoms with E-state index in [2.05, 4.69) is 32.3 Å². The van der Waals surface area contributed by atoms with E-state index in [1.807, 2.05) is 75.4 Å². The number of pyridine rings is 1. The van der Waals surface area contributed by atoms with Crippen LogP contribution in [0.1, 0.15) is 54.0 Å². The summed E-state index contributed by atoms with van der Waals surface area (Å²) in [5.41, 5.74) is 8.45. The Labute approximate surface area is 251 Å². The van der Waals surface area contributed by atoms with Crippen molar-refractivity contribution in [3.63, 3.8) is 0 Å². The van der Waals surface area contributed by atoms with Gasteiger partial charge in [0.2, 0.25) is 5.88 Å². The van der Waals surface area contributed by atoms with E-state index in [-0.39, 0.29) is 22.5 Å². The fraction of sp³-hybridized carbons (Fsp3) is 0.182. The molecule has 0 saturated carbocycles. The number of benzene rings is 2. The first-order valence-corrected chi connectivity index (χ1v) is 14.1. The zero-order chi connectivity index (χ0) is 30.6. The molecule has 6 aromatic rings. The summed E-state index contributed by atoms with van der Waals surface area (Å²) in [4.78, 5) is 32.1. The average molecular weight is 585 g/mol. The maximum Gasteiger partial charge on any atom is 0.264 e. The van der Waals surface area contributed by atoms with E-state index in [1.54, 1.807) is 33.9 Å². The van der Waals surface area contributed by atoms with Crippen LogP contribution < -0.4 is 21.3 Å². The summed E-state index contributed by atoms with van der Waals surface area (Å²) in [6.07, 6.45) is 4.92. The van der Waals surface area contributed by atoms with E-state index in [9.17, 15) is 9.59 Å². The molecule has 11 nitrogen and oxygen atoms in total. The van der Waals surface area contributed by atoms with Gasteiger partial charge in [0.25, 0.3) is 11.5 Å². The number of nitrogens with one attached hydrogen (secondary N) is 1. The van der Waals surface area contributed by atoms with Gasteiger partial charge in [-0.1, -0.05) is 42.2 Å². The van der Waals surface area contributed by atoms with E-state index in [1.165, 1.54) is 4.52 Å². The van der Waals surface area contributed by atoms with Crippen molar-refractivity contribution in [2.75, 3.05) is 5.73 Å². The second kappa shape index (κ2) is 10.1. The molecule has 0 radical (unpaired) electrons. The molecular weight excluding hydrogens is 556 g/mol. The van der Waals surface area contributed by atoms with Gasteiger partial charge in [0.15, 0.2) is 11.5 Å². The summed E-state index contributed by atoms with van der Waals surface area (Å²) in [7, 11) is 0. The summed E-state index contributed by atoms with van der Waals surface area (Å²) in [5, 5.41) is 12.8. The van der Waals surface area contributed by atoms with Crippen LogP contribution in [0.5, 0.6) is 5.88 Å². The third-order valence-electron chi connectivity index (χ3n) is 7.56. The third-order valence-corrected chi connectivity index (χ3v) is 7.56. The van der Waals surface area contributed by atoms with Crippen LogP contribution in [0.2, 0.25) is 0 Å². The predicted octanol–water partition coefficient (Wildman–Crippen LogP) is 3.87. The molecule has 1 amide bonds. The number of carbonyl (C=O) groups excluding carboxylic acids is 1. The van der Waals surface area contributed by atoms with E-state index < -0.39 is 11.9 Å². The molecule has 218 valence electrons. The normalized spacial score (nSPS) is 14.1. The van der Waals surface area contributed by atoms with E-state index in [4.69, 9.17) is 10.5 Å². The van der Waals surface area contributed by atoms with E-state index >= 15 is 0 Å². The van der Waals surface area contributed by atoms with Gasteiger partial charge in [0.05, 0.1) is 24.2 Å². The van der Waals surface area contributed by atoms with Gasteiger partial charge in [-0.05, 0) is 56.5 Å². The van der Waals surface area contributed by atoms with Crippen LogP contribution in [0.4, 0.5) is 5.82 Å². The number of aromatic nitrogens is 6. The van der Waals surface area contributed by atoms with Crippen molar-refractivity contribution in [2.24, 2.45) is 0 Å². The highest BCUT2D eigenvalue weighted by molar-refractivity contribution is 6.04. The number of hydrogen-bond acceptors (Lipinski definition) is 7. The number of nitrogens with zero attached hydrogens (tertiary/aromatic N) is 6. The van der Waals surface area contributed by atoms with Crippen molar-refractivity contribution in [2.45, 2.75) is 39.0 Å². The molecule has 7 rings (SSSR count). The molecule has 0 bridgehead atoms. The minimum atomic E-state index is -0.594. The van der Waals surface area contributed by atoms with Gasteiger partial charge in [0, 0.05) is 29.3 Å². The monoisotopic (exact) mass is 584 g/mol. The Hall–Kier alpha value is -5.89. The summed E-state index contributed by atoms with van der Waals surface area (Å²) < 4.78 is 10.9. The number of amides is 1. The molecule has 4 aromatic heterocycles. The fourth-order valence-corrected chi connectivity index (χ4v) is 5.58. The van der Waals surface area contributed by atoms with Gasteiger partial charge in [0.1, 0.15) is 16.7 Å². The minimum absolute atomic E-state index is 0.0635. The van der Waals surface area contributed by atoms with Gasteiger partial charge in [-0.15, -0.1) is 5.10 Å². The average Bonchev–Trinajstić information content (AvgIpc) is 3.64. The van der Waals surface area contributed by atoms with E-state index in [0.717, 1.165) is 0 Å². The second-order valence-electron chi connectivity index (χ2n) is 11.3. The van der Waals surface area contributed by atoms with Gasteiger partial charge >= 0.3 is 0 Å². The predicted molar refractivity (Wildman–Crippen MR) is 166 cm³/mol. The highest BCUT2D eigenvalue weighted by Crippen LogP contribution is 2.31. The van der Waals surface area contributed by atoms with Gasteiger partial charge in [-0.3, -0.25) is 14.2 Å². The first kappa shape index (κ1) is 27.0. The molecule has 0 saturated heterocycles. The molecule has 1 atom stereocenters. The summed E-state index contributed by atoms with van der Waals surface area (Å²) in [6.45, 7) is 6.46. The Bertz CT molecular complexity index is 2220. The molecule has 11 heteroatoms. The Morgan fingerprint density at radius 2 is 1.89 bits per heavy atom. The zero-order valence-electron chi connectivity index (χ0n) is 24.3. The van der Waals surface area contributed by atoms with Crippen molar-refractivity contribution >= 4 is 28.1 Å². The number of rotatable bonds is 4. The van der Waals surface area contributed by atoms with Gasteiger partial charge in [-0.25, -0.2) is 14.2 Å². The van der Waals surface area contributed by atoms with E-state index in [0.29, 0.717) is 51.4 Å². The van der Waals surface area contributed by atoms with Crippen LogP contribution in [-0.2, 0) is 6.54 Å². The van der Waals surface area contributed by atoms with Crippen LogP contribution >= 0.6 is 0 Å². The lowest BCUT2D eigenvalue weighted by Crippen LogP contribution is -2.32. The molecule has 5 heterocycles. The number of anilines is 1. The summed E-state index contributed by atoms with van der Waals surface area (Å²) in [5.74, 6) is 6.60. The topological polar surface area (TPSA) is 134 Å². The Morgan fingerprint density at radius 1 is 1.09 bits per heavy atom. The fourth-order valence-electron chi connectivity index (χ4n) is 5.58. The van der Waals surface area contributed by atoms with Crippen LogP contribution in [0, 0.1) is 11.8 Å². The molecule has 3 N–H and O–H groups in total. The number of nitrogens with two attached hydrogens (primary N) is 1. The third kappa shape index (κ3) is 4.53. The van der Waals surface area contributed by atoms with Crippen LogP contribution in [-0.4, -0.2) is 40.5 Å². The zero-order valence-corrected chi connectivity index (χ0v) is 24.3. The number of nitrogen functional groups attached to an aromatic ring is 1. The highest BCUT2D eigenvalue weighted by atomic mass is 16.5. The number of hydrogen-bond donors (Lipinski definition) is 2. The van der Waals surface area contributed by atoms with Crippen molar-refractivity contribution in [1.82, 2.24) is 34.3 Å². The van der Waals surface area contributed by atoms with Crippen LogP contribution in [0.25, 0.3) is 22.1 Å². The second-order valence-corrected chi connectivity index (χ2v) is 11.3. The Morgan fingerprint density at radius 3 is 2.70 bits per heavy atom. The van der Waals surface area contributed by atoms with Gasteiger partial charge in [-0.2, -0.15) is 5.10 Å².